The van der Waals surface area contributed by atoms with E-state index in [-0.39, 0.29) is 24.7 Å². The van der Waals surface area contributed by atoms with E-state index in [2.05, 4.69) is 9.72 Å². The van der Waals surface area contributed by atoms with E-state index < -0.39 is 5.97 Å². The standard InChI is InChI=1S/C15H19N3O4/c1-22-14(20)6-5-13(19)17-8-10-18(11-9-17)15(21)12-4-2-3-7-16-12/h2-4,7H,5-6,8-11H2,1H3. The number of amides is 2. The molecule has 0 atom stereocenters. The molecule has 1 aromatic rings. The number of methoxy groups -OCH3 is 1. The van der Waals surface area contributed by atoms with Gasteiger partial charge in [-0.15, -0.1) is 0 Å². The van der Waals surface area contributed by atoms with Gasteiger partial charge < -0.3 is 14.5 Å². The van der Waals surface area contributed by atoms with Crippen molar-refractivity contribution in [2.24, 2.45) is 0 Å². The number of nitrogens with zero attached hydrogens (tertiary/aromatic N) is 3. The zero-order chi connectivity index (χ0) is 15.9. The first-order valence-electron chi connectivity index (χ1n) is 7.16. The molecule has 0 N–H and O–H groups in total. The molecule has 0 spiro atoms. The second kappa shape index (κ2) is 7.53. The van der Waals surface area contributed by atoms with E-state index in [1.54, 1.807) is 34.2 Å². The number of carbonyl (C=O) groups excluding carboxylic acids is 3. The molecule has 2 heterocycles. The van der Waals surface area contributed by atoms with Gasteiger partial charge in [-0.25, -0.2) is 0 Å². The van der Waals surface area contributed by atoms with Crippen LogP contribution in [-0.2, 0) is 14.3 Å². The Hall–Kier alpha value is -2.44. The van der Waals surface area contributed by atoms with Crippen LogP contribution >= 0.6 is 0 Å². The molecule has 2 amide bonds. The molecule has 22 heavy (non-hydrogen) atoms. The number of piperazine rings is 1. The van der Waals surface area contributed by atoms with Crippen LogP contribution in [0, 0.1) is 0 Å². The van der Waals surface area contributed by atoms with E-state index >= 15 is 0 Å². The quantitative estimate of drug-likeness (QED) is 0.748. The maximum Gasteiger partial charge on any atom is 0.306 e. The largest absolute Gasteiger partial charge is 0.469 e. The molecule has 1 aromatic heterocycles. The van der Waals surface area contributed by atoms with Crippen LogP contribution in [0.1, 0.15) is 23.3 Å². The molecule has 1 fully saturated rings. The van der Waals surface area contributed by atoms with Gasteiger partial charge in [-0.1, -0.05) is 6.07 Å². The Morgan fingerprint density at radius 1 is 1.09 bits per heavy atom. The predicted molar refractivity (Wildman–Crippen MR) is 78.0 cm³/mol. The maximum absolute atomic E-state index is 12.2. The van der Waals surface area contributed by atoms with Crippen LogP contribution in [-0.4, -0.2) is 65.9 Å². The lowest BCUT2D eigenvalue weighted by Crippen LogP contribution is -2.50. The summed E-state index contributed by atoms with van der Waals surface area (Å²) in [7, 11) is 1.30. The fourth-order valence-corrected chi connectivity index (χ4v) is 2.28. The van der Waals surface area contributed by atoms with Gasteiger partial charge in [0.2, 0.25) is 5.91 Å². The molecule has 1 saturated heterocycles. The molecule has 7 nitrogen and oxygen atoms in total. The van der Waals surface area contributed by atoms with Gasteiger partial charge in [-0.05, 0) is 12.1 Å². The Morgan fingerprint density at radius 3 is 2.36 bits per heavy atom. The van der Waals surface area contributed by atoms with Gasteiger partial charge in [0.05, 0.1) is 13.5 Å². The molecule has 1 aliphatic heterocycles. The number of hydrogen-bond donors (Lipinski definition) is 0. The minimum atomic E-state index is -0.391. The molecule has 0 aromatic carbocycles. The van der Waals surface area contributed by atoms with Crippen LogP contribution < -0.4 is 0 Å². The summed E-state index contributed by atoms with van der Waals surface area (Å²) in [6, 6.07) is 5.21. The smallest absolute Gasteiger partial charge is 0.306 e. The maximum atomic E-state index is 12.2. The number of carbonyl (C=O) groups is 3. The third kappa shape index (κ3) is 4.03. The van der Waals surface area contributed by atoms with Crippen LogP contribution in [0.2, 0.25) is 0 Å². The van der Waals surface area contributed by atoms with E-state index in [1.165, 1.54) is 7.11 Å². The first-order valence-corrected chi connectivity index (χ1v) is 7.16. The number of hydrogen-bond acceptors (Lipinski definition) is 5. The van der Waals surface area contributed by atoms with Gasteiger partial charge >= 0.3 is 5.97 Å². The van der Waals surface area contributed by atoms with Crippen LogP contribution in [0.3, 0.4) is 0 Å². The van der Waals surface area contributed by atoms with E-state index in [4.69, 9.17) is 0 Å². The van der Waals surface area contributed by atoms with Gasteiger partial charge in [-0.2, -0.15) is 0 Å². The summed E-state index contributed by atoms with van der Waals surface area (Å²) in [5.41, 5.74) is 0.410. The Labute approximate surface area is 128 Å². The molecule has 0 bridgehead atoms. The van der Waals surface area contributed by atoms with Gasteiger partial charge in [0.15, 0.2) is 0 Å². The van der Waals surface area contributed by atoms with Gasteiger partial charge in [0.1, 0.15) is 5.69 Å². The van der Waals surface area contributed by atoms with Crippen molar-refractivity contribution >= 4 is 17.8 Å². The second-order valence-corrected chi connectivity index (χ2v) is 4.96. The zero-order valence-corrected chi connectivity index (χ0v) is 12.5. The highest BCUT2D eigenvalue weighted by Crippen LogP contribution is 2.09. The fourth-order valence-electron chi connectivity index (χ4n) is 2.28. The highest BCUT2D eigenvalue weighted by molar-refractivity contribution is 5.92. The molecule has 0 saturated carbocycles. The first kappa shape index (κ1) is 15.9. The third-order valence-corrected chi connectivity index (χ3v) is 3.57. The number of esters is 1. The Kier molecular flexibility index (Phi) is 5.46. The lowest BCUT2D eigenvalue weighted by Gasteiger charge is -2.34. The molecule has 0 aliphatic carbocycles. The Bertz CT molecular complexity index is 539. The predicted octanol–water partition coefficient (Wildman–Crippen LogP) is 0.319. The summed E-state index contributed by atoms with van der Waals surface area (Å²) in [5.74, 6) is -0.602. The molecular formula is C15H19N3O4. The summed E-state index contributed by atoms with van der Waals surface area (Å²) in [5, 5.41) is 0. The van der Waals surface area contributed by atoms with Crippen LogP contribution in [0.15, 0.2) is 24.4 Å². The highest BCUT2D eigenvalue weighted by atomic mass is 16.5. The summed E-state index contributed by atoms with van der Waals surface area (Å²) < 4.78 is 4.52. The molecule has 7 heteroatoms. The van der Waals surface area contributed by atoms with E-state index in [0.717, 1.165) is 0 Å². The normalized spacial score (nSPS) is 14.6. The highest BCUT2D eigenvalue weighted by Gasteiger charge is 2.25. The number of pyridine rings is 1. The Balaban J connectivity index is 1.81. The summed E-state index contributed by atoms with van der Waals surface area (Å²) in [6.07, 6.45) is 1.81. The van der Waals surface area contributed by atoms with Crippen LogP contribution in [0.4, 0.5) is 0 Å². The van der Waals surface area contributed by atoms with Crippen molar-refractivity contribution < 1.29 is 19.1 Å². The van der Waals surface area contributed by atoms with Crippen molar-refractivity contribution in [2.45, 2.75) is 12.8 Å². The van der Waals surface area contributed by atoms with Crippen LogP contribution in [0.25, 0.3) is 0 Å². The van der Waals surface area contributed by atoms with Crippen molar-refractivity contribution in [1.82, 2.24) is 14.8 Å². The molecule has 0 radical (unpaired) electrons. The summed E-state index contributed by atoms with van der Waals surface area (Å²) in [6.45, 7) is 1.88. The number of rotatable bonds is 4. The van der Waals surface area contributed by atoms with E-state index in [1.807, 2.05) is 0 Å². The first-order chi connectivity index (χ1) is 10.6. The number of ether oxygens (including phenoxy) is 1. The van der Waals surface area contributed by atoms with Crippen molar-refractivity contribution in [3.05, 3.63) is 30.1 Å². The zero-order valence-electron chi connectivity index (χ0n) is 12.5. The van der Waals surface area contributed by atoms with E-state index in [0.29, 0.717) is 31.9 Å². The summed E-state index contributed by atoms with van der Waals surface area (Å²) >= 11 is 0. The third-order valence-electron chi connectivity index (χ3n) is 3.57. The topological polar surface area (TPSA) is 79.8 Å². The van der Waals surface area contributed by atoms with Crippen molar-refractivity contribution in [3.63, 3.8) is 0 Å². The molecular weight excluding hydrogens is 286 g/mol. The van der Waals surface area contributed by atoms with Crippen LogP contribution in [0.5, 0.6) is 0 Å². The fraction of sp³-hybridized carbons (Fsp3) is 0.467. The van der Waals surface area contributed by atoms with E-state index in [9.17, 15) is 14.4 Å². The van der Waals surface area contributed by atoms with Crippen molar-refractivity contribution in [2.75, 3.05) is 33.3 Å². The SMILES string of the molecule is COC(=O)CCC(=O)N1CCN(C(=O)c2ccccn2)CC1. The average molecular weight is 305 g/mol. The van der Waals surface area contributed by atoms with Crippen molar-refractivity contribution in [1.29, 1.82) is 0 Å². The number of aromatic nitrogens is 1. The Morgan fingerprint density at radius 2 is 1.77 bits per heavy atom. The molecule has 2 rings (SSSR count). The second-order valence-electron chi connectivity index (χ2n) is 4.96. The lowest BCUT2D eigenvalue weighted by molar-refractivity contribution is -0.143. The van der Waals surface area contributed by atoms with Gasteiger partial charge in [-0.3, -0.25) is 19.4 Å². The summed E-state index contributed by atoms with van der Waals surface area (Å²) in [4.78, 5) is 42.6. The van der Waals surface area contributed by atoms with Gasteiger partial charge in [0, 0.05) is 38.8 Å². The molecule has 1 aliphatic rings. The average Bonchev–Trinajstić information content (AvgIpc) is 2.59. The minimum absolute atomic E-state index is 0.0857. The lowest BCUT2D eigenvalue weighted by atomic mass is 10.2. The monoisotopic (exact) mass is 305 g/mol. The van der Waals surface area contributed by atoms with Crippen molar-refractivity contribution in [3.8, 4) is 0 Å². The molecule has 0 unspecified atom stereocenters. The van der Waals surface area contributed by atoms with Gasteiger partial charge in [0.25, 0.3) is 5.91 Å². The molecule has 118 valence electrons. The minimum Gasteiger partial charge on any atom is -0.469 e.